The first-order valence-electron chi connectivity index (χ1n) is 8.27. The van der Waals surface area contributed by atoms with E-state index < -0.39 is 6.04 Å². The highest BCUT2D eigenvalue weighted by Crippen LogP contribution is 2.19. The molecule has 2 amide bonds. The van der Waals surface area contributed by atoms with Gasteiger partial charge < -0.3 is 14.7 Å². The molecule has 1 N–H and O–H groups in total. The average molecular weight is 362 g/mol. The van der Waals surface area contributed by atoms with E-state index in [0.29, 0.717) is 30.3 Å². The van der Waals surface area contributed by atoms with Crippen LogP contribution in [-0.4, -0.2) is 34.5 Å². The normalized spacial score (nSPS) is 16.9. The zero-order chi connectivity index (χ0) is 17.8. The number of hydrogen-bond acceptors (Lipinski definition) is 4. The molecule has 25 heavy (non-hydrogen) atoms. The molecule has 1 aromatic carbocycles. The van der Waals surface area contributed by atoms with Gasteiger partial charge in [0.2, 0.25) is 11.8 Å². The molecule has 1 aromatic heterocycles. The Morgan fingerprint density at radius 3 is 2.80 bits per heavy atom. The van der Waals surface area contributed by atoms with E-state index in [1.54, 1.807) is 30.0 Å². The van der Waals surface area contributed by atoms with E-state index >= 15 is 0 Å². The number of benzene rings is 1. The van der Waals surface area contributed by atoms with Crippen molar-refractivity contribution in [1.82, 2.24) is 15.4 Å². The van der Waals surface area contributed by atoms with Gasteiger partial charge in [0, 0.05) is 24.2 Å². The van der Waals surface area contributed by atoms with Gasteiger partial charge in [-0.05, 0) is 37.5 Å². The molecule has 0 saturated carbocycles. The molecule has 0 spiro atoms. The lowest BCUT2D eigenvalue weighted by molar-refractivity contribution is -0.138. The van der Waals surface area contributed by atoms with E-state index in [-0.39, 0.29) is 18.2 Å². The summed E-state index contributed by atoms with van der Waals surface area (Å²) in [6.45, 7) is 2.81. The predicted molar refractivity (Wildman–Crippen MR) is 93.0 cm³/mol. The molecule has 2 aromatic rings. The third-order valence-corrected chi connectivity index (χ3v) is 4.51. The highest BCUT2D eigenvalue weighted by molar-refractivity contribution is 6.30. The van der Waals surface area contributed by atoms with Crippen LogP contribution in [-0.2, 0) is 22.6 Å². The van der Waals surface area contributed by atoms with Gasteiger partial charge in [0.25, 0.3) is 0 Å². The van der Waals surface area contributed by atoms with Crippen LogP contribution in [0.25, 0.3) is 0 Å². The summed E-state index contributed by atoms with van der Waals surface area (Å²) < 4.78 is 5.10. The van der Waals surface area contributed by atoms with Gasteiger partial charge in [-0.2, -0.15) is 0 Å². The Morgan fingerprint density at radius 1 is 1.36 bits per heavy atom. The van der Waals surface area contributed by atoms with Crippen molar-refractivity contribution in [3.05, 3.63) is 52.4 Å². The largest absolute Gasteiger partial charge is 0.361 e. The topological polar surface area (TPSA) is 75.4 Å². The fraction of sp³-hybridized carbons (Fsp3) is 0.389. The lowest BCUT2D eigenvalue weighted by Gasteiger charge is -2.23. The van der Waals surface area contributed by atoms with E-state index in [1.807, 2.05) is 12.1 Å². The maximum atomic E-state index is 12.5. The quantitative estimate of drug-likeness (QED) is 0.887. The van der Waals surface area contributed by atoms with Crippen molar-refractivity contribution in [2.75, 3.05) is 6.54 Å². The third-order valence-electron chi connectivity index (χ3n) is 4.26. The van der Waals surface area contributed by atoms with Gasteiger partial charge in [-0.25, -0.2) is 0 Å². The first-order valence-corrected chi connectivity index (χ1v) is 8.64. The molecule has 3 rings (SSSR count). The fourth-order valence-electron chi connectivity index (χ4n) is 3.00. The zero-order valence-corrected chi connectivity index (χ0v) is 14.8. The number of halogens is 1. The van der Waals surface area contributed by atoms with Gasteiger partial charge in [-0.3, -0.25) is 9.59 Å². The van der Waals surface area contributed by atoms with Crippen LogP contribution in [0.3, 0.4) is 0 Å². The molecule has 1 fully saturated rings. The van der Waals surface area contributed by atoms with E-state index in [0.717, 1.165) is 17.7 Å². The van der Waals surface area contributed by atoms with Crippen LogP contribution in [0.1, 0.15) is 29.9 Å². The molecule has 1 saturated heterocycles. The molecule has 1 aliphatic rings. The Labute approximate surface area is 151 Å². The summed E-state index contributed by atoms with van der Waals surface area (Å²) >= 11 is 5.86. The van der Waals surface area contributed by atoms with Crippen LogP contribution in [0.4, 0.5) is 0 Å². The minimum atomic E-state index is -0.427. The summed E-state index contributed by atoms with van der Waals surface area (Å²) in [5, 5.41) is 7.34. The summed E-state index contributed by atoms with van der Waals surface area (Å²) in [4.78, 5) is 26.6. The van der Waals surface area contributed by atoms with E-state index in [9.17, 15) is 9.59 Å². The molecule has 132 valence electrons. The number of hydrogen-bond donors (Lipinski definition) is 1. The summed E-state index contributed by atoms with van der Waals surface area (Å²) in [6.07, 6.45) is 1.62. The number of nitrogens with zero attached hydrogens (tertiary/aromatic N) is 2. The Morgan fingerprint density at radius 2 is 2.12 bits per heavy atom. The minimum Gasteiger partial charge on any atom is -0.361 e. The van der Waals surface area contributed by atoms with Gasteiger partial charge in [-0.1, -0.05) is 28.9 Å². The second-order valence-electron chi connectivity index (χ2n) is 6.20. The van der Waals surface area contributed by atoms with E-state index in [4.69, 9.17) is 16.1 Å². The van der Waals surface area contributed by atoms with E-state index in [2.05, 4.69) is 10.5 Å². The van der Waals surface area contributed by atoms with Crippen molar-refractivity contribution in [3.8, 4) is 0 Å². The molecule has 0 radical (unpaired) electrons. The third kappa shape index (κ3) is 4.39. The number of carbonyl (C=O) groups excluding carboxylic acids is 2. The first kappa shape index (κ1) is 17.5. The molecular weight excluding hydrogens is 342 g/mol. The number of nitrogens with one attached hydrogen (secondary N) is 1. The van der Waals surface area contributed by atoms with Gasteiger partial charge >= 0.3 is 0 Å². The predicted octanol–water partition coefficient (Wildman–Crippen LogP) is 2.49. The van der Waals surface area contributed by atoms with Gasteiger partial charge in [0.15, 0.2) is 0 Å². The number of carbonyl (C=O) groups is 2. The Balaban J connectivity index is 1.57. The van der Waals surface area contributed by atoms with Crippen LogP contribution in [0.2, 0.25) is 5.02 Å². The molecular formula is C18H20ClN3O3. The summed E-state index contributed by atoms with van der Waals surface area (Å²) in [7, 11) is 0. The molecule has 0 bridgehead atoms. The average Bonchev–Trinajstić information content (AvgIpc) is 3.23. The van der Waals surface area contributed by atoms with Crippen molar-refractivity contribution in [3.63, 3.8) is 0 Å². The van der Waals surface area contributed by atoms with Crippen molar-refractivity contribution in [1.29, 1.82) is 0 Å². The van der Waals surface area contributed by atoms with Gasteiger partial charge in [0.1, 0.15) is 11.8 Å². The maximum Gasteiger partial charge on any atom is 0.243 e. The van der Waals surface area contributed by atoms with Crippen LogP contribution in [0.15, 0.2) is 34.9 Å². The molecule has 1 aliphatic heterocycles. The number of rotatable bonds is 5. The van der Waals surface area contributed by atoms with Crippen molar-refractivity contribution >= 4 is 23.4 Å². The lowest BCUT2D eigenvalue weighted by Crippen LogP contribution is -2.46. The first-order chi connectivity index (χ1) is 12.0. The molecule has 0 aliphatic carbocycles. The SMILES string of the molecule is Cc1cc(CC(=O)N2CCC[C@H]2C(=O)NCc2ccc(Cl)cc2)on1. The fourth-order valence-corrected chi connectivity index (χ4v) is 3.12. The lowest BCUT2D eigenvalue weighted by atomic mass is 10.1. The molecule has 2 heterocycles. The number of aromatic nitrogens is 1. The zero-order valence-electron chi connectivity index (χ0n) is 14.0. The monoisotopic (exact) mass is 361 g/mol. The standard InChI is InChI=1S/C18H20ClN3O3/c1-12-9-15(25-21-12)10-17(23)22-8-2-3-16(22)18(24)20-11-13-4-6-14(19)7-5-13/h4-7,9,16H,2-3,8,10-11H2,1H3,(H,20,24)/t16-/m0/s1. The molecule has 1 atom stereocenters. The Kier molecular flexibility index (Phi) is 5.38. The maximum absolute atomic E-state index is 12.5. The summed E-state index contributed by atoms with van der Waals surface area (Å²) in [6, 6.07) is 8.62. The Hall–Kier alpha value is -2.34. The Bertz CT molecular complexity index is 757. The van der Waals surface area contributed by atoms with Crippen LogP contribution >= 0.6 is 11.6 Å². The molecule has 0 unspecified atom stereocenters. The number of aryl methyl sites for hydroxylation is 1. The highest BCUT2D eigenvalue weighted by atomic mass is 35.5. The number of likely N-dealkylation sites (tertiary alicyclic amines) is 1. The molecule has 6 nitrogen and oxygen atoms in total. The van der Waals surface area contributed by atoms with Crippen molar-refractivity contribution in [2.45, 2.75) is 38.8 Å². The molecule has 7 heteroatoms. The second-order valence-corrected chi connectivity index (χ2v) is 6.64. The minimum absolute atomic E-state index is 0.111. The van der Waals surface area contributed by atoms with Crippen molar-refractivity contribution < 1.29 is 14.1 Å². The number of amides is 2. The van der Waals surface area contributed by atoms with Gasteiger partial charge in [0.05, 0.1) is 12.1 Å². The van der Waals surface area contributed by atoms with Crippen LogP contribution in [0, 0.1) is 6.92 Å². The highest BCUT2D eigenvalue weighted by Gasteiger charge is 2.34. The van der Waals surface area contributed by atoms with Crippen LogP contribution < -0.4 is 5.32 Å². The second kappa shape index (κ2) is 7.70. The van der Waals surface area contributed by atoms with E-state index in [1.165, 1.54) is 0 Å². The smallest absolute Gasteiger partial charge is 0.243 e. The van der Waals surface area contributed by atoms with Gasteiger partial charge in [-0.15, -0.1) is 0 Å². The summed E-state index contributed by atoms with van der Waals surface area (Å²) in [5.41, 5.74) is 1.70. The van der Waals surface area contributed by atoms with Crippen molar-refractivity contribution in [2.24, 2.45) is 0 Å². The van der Waals surface area contributed by atoms with Crippen LogP contribution in [0.5, 0.6) is 0 Å². The summed E-state index contributed by atoms with van der Waals surface area (Å²) in [5.74, 6) is 0.282.